The molecule has 1 aliphatic carbocycles. The first kappa shape index (κ1) is 32.0. The summed E-state index contributed by atoms with van der Waals surface area (Å²) in [6.07, 6.45) is 7.09. The molecule has 3 aliphatic rings. The topological polar surface area (TPSA) is 137 Å². The highest BCUT2D eigenvalue weighted by Crippen LogP contribution is 2.45. The van der Waals surface area contributed by atoms with E-state index < -0.39 is 5.97 Å². The van der Waals surface area contributed by atoms with Crippen LogP contribution in [0, 0.1) is 23.7 Å². The highest BCUT2D eigenvalue weighted by atomic mass is 35.5. The fraction of sp³-hybridized carbons (Fsp3) is 0.371. The maximum atomic E-state index is 13.9. The molecule has 11 nitrogen and oxygen atoms in total. The molecular weight excluding hydrogens is 650 g/mol. The summed E-state index contributed by atoms with van der Waals surface area (Å²) in [6.45, 7) is 5.93. The van der Waals surface area contributed by atoms with Crippen molar-refractivity contribution in [3.63, 3.8) is 0 Å². The minimum absolute atomic E-state index is 0. The van der Waals surface area contributed by atoms with Gasteiger partial charge >= 0.3 is 5.97 Å². The Morgan fingerprint density at radius 3 is 2.69 bits per heavy atom. The smallest absolute Gasteiger partial charge is 0.338 e. The van der Waals surface area contributed by atoms with Crippen molar-refractivity contribution >= 4 is 55.8 Å². The molecule has 1 saturated carbocycles. The van der Waals surface area contributed by atoms with E-state index in [4.69, 9.17) is 16.3 Å². The van der Waals surface area contributed by atoms with Crippen LogP contribution >= 0.6 is 22.9 Å². The molecule has 48 heavy (non-hydrogen) atoms. The number of nitriles is 1. The number of halogens is 1. The van der Waals surface area contributed by atoms with Gasteiger partial charge in [-0.25, -0.2) is 14.8 Å². The third-order valence-electron chi connectivity index (χ3n) is 9.79. The van der Waals surface area contributed by atoms with Gasteiger partial charge in [0.25, 0.3) is 5.56 Å². The first-order chi connectivity index (χ1) is 22.7. The van der Waals surface area contributed by atoms with E-state index in [0.717, 1.165) is 37.8 Å². The van der Waals surface area contributed by atoms with Crippen molar-refractivity contribution in [2.24, 2.45) is 5.41 Å². The number of anilines is 1. The largest absolute Gasteiger partial charge is 0.491 e. The summed E-state index contributed by atoms with van der Waals surface area (Å²) < 4.78 is 8.47. The van der Waals surface area contributed by atoms with Crippen molar-refractivity contribution in [2.45, 2.75) is 46.2 Å². The molecule has 2 aliphatic heterocycles. The van der Waals surface area contributed by atoms with Gasteiger partial charge in [-0.1, -0.05) is 25.4 Å². The molecule has 1 aromatic carbocycles. The van der Waals surface area contributed by atoms with Gasteiger partial charge in [0.15, 0.2) is 0 Å². The van der Waals surface area contributed by atoms with Gasteiger partial charge in [0.1, 0.15) is 35.6 Å². The van der Waals surface area contributed by atoms with Crippen LogP contribution in [0.15, 0.2) is 46.8 Å². The minimum atomic E-state index is -1.04. The predicted molar refractivity (Wildman–Crippen MR) is 186 cm³/mol. The molecule has 0 radical (unpaired) electrons. The van der Waals surface area contributed by atoms with Crippen molar-refractivity contribution < 1.29 is 14.6 Å². The Morgan fingerprint density at radius 1 is 1.19 bits per heavy atom. The monoisotopic (exact) mass is 683 g/mol. The number of rotatable bonds is 8. The number of carboxylic acid groups (broad SMARTS) is 1. The quantitative estimate of drug-likeness (QED) is 0.208. The highest BCUT2D eigenvalue weighted by molar-refractivity contribution is 7.18. The molecule has 3 fully saturated rings. The molecule has 0 bridgehead atoms. The lowest BCUT2D eigenvalue weighted by Crippen LogP contribution is -2.74. The zero-order chi connectivity index (χ0) is 32.4. The molecule has 5 aromatic rings. The number of pyridine rings is 2. The van der Waals surface area contributed by atoms with E-state index in [1.807, 2.05) is 0 Å². The van der Waals surface area contributed by atoms with Gasteiger partial charge in [-0.15, -0.1) is 11.3 Å². The maximum absolute atomic E-state index is 13.9. The molecule has 6 heterocycles. The van der Waals surface area contributed by atoms with E-state index in [2.05, 4.69) is 30.8 Å². The number of likely N-dealkylation sites (tertiary alicyclic amines) is 1. The number of aromatic nitrogens is 4. The summed E-state index contributed by atoms with van der Waals surface area (Å²) in [5, 5.41) is 22.2. The molecule has 0 atom stereocenters. The molecule has 0 amide bonds. The minimum Gasteiger partial charge on any atom is -0.491 e. The third-order valence-corrected chi connectivity index (χ3v) is 11.0. The van der Waals surface area contributed by atoms with Crippen LogP contribution in [-0.2, 0) is 6.54 Å². The molecule has 1 N–H and O–H groups in total. The highest BCUT2D eigenvalue weighted by Gasteiger charge is 2.54. The average Bonchev–Trinajstić information content (AvgIpc) is 3.43. The Labute approximate surface area is 286 Å². The number of hydrogen-bond acceptors (Lipinski definition) is 10. The van der Waals surface area contributed by atoms with Crippen LogP contribution in [0.4, 0.5) is 5.82 Å². The summed E-state index contributed by atoms with van der Waals surface area (Å²) in [5.41, 5.74) is 2.57. The van der Waals surface area contributed by atoms with Crippen LogP contribution in [0.2, 0.25) is 5.02 Å². The first-order valence-corrected chi connectivity index (χ1v) is 16.8. The predicted octanol–water partition coefficient (Wildman–Crippen LogP) is 5.99. The fourth-order valence-electron chi connectivity index (χ4n) is 7.24. The number of aryl methyl sites for hydroxylation is 1. The van der Waals surface area contributed by atoms with Crippen molar-refractivity contribution in [2.75, 3.05) is 37.7 Å². The molecule has 1 spiro atoms. The average molecular weight is 684 g/mol. The Kier molecular flexibility index (Phi) is 8.10. The summed E-state index contributed by atoms with van der Waals surface area (Å²) in [4.78, 5) is 43.9. The van der Waals surface area contributed by atoms with E-state index in [0.29, 0.717) is 43.7 Å². The Hall–Kier alpha value is -4.57. The fourth-order valence-corrected chi connectivity index (χ4v) is 8.44. The number of fused-ring (bicyclic) bond motifs is 2. The Balaban J connectivity index is 0.00000364. The number of ether oxygens (including phenoxy) is 1. The molecule has 246 valence electrons. The zero-order valence-electron chi connectivity index (χ0n) is 25.6. The number of benzene rings is 1. The van der Waals surface area contributed by atoms with Gasteiger partial charge in [0, 0.05) is 65.4 Å². The number of carbonyl (C=O) groups is 1. The Bertz CT molecular complexity index is 2190. The van der Waals surface area contributed by atoms with Crippen LogP contribution < -0.4 is 15.2 Å². The zero-order valence-corrected chi connectivity index (χ0v) is 27.1. The summed E-state index contributed by atoms with van der Waals surface area (Å²) in [6, 6.07) is 10.0. The summed E-state index contributed by atoms with van der Waals surface area (Å²) >= 11 is 7.67. The molecule has 0 unspecified atom stereocenters. The summed E-state index contributed by atoms with van der Waals surface area (Å²) in [5.74, 6) is 0.519. The molecule has 2 saturated heterocycles. The number of nitrogens with zero attached hydrogens (tertiary/aromatic N) is 7. The van der Waals surface area contributed by atoms with E-state index >= 15 is 0 Å². The normalized spacial score (nSPS) is 17.0. The second-order valence-electron chi connectivity index (χ2n) is 12.8. The van der Waals surface area contributed by atoms with Crippen molar-refractivity contribution in [1.82, 2.24) is 24.4 Å². The SMILES string of the molecule is C.Cc1nc2cnc(N3CC4(C3)CN(C3CCC3)C4)c(C#N)c2c(=O)n1CCOc1ccc(Cl)cc1-c1ccnc2c(C(=O)O)csc12. The van der Waals surface area contributed by atoms with Gasteiger partial charge < -0.3 is 14.7 Å². The van der Waals surface area contributed by atoms with Crippen LogP contribution in [0.3, 0.4) is 0 Å². The lowest BCUT2D eigenvalue weighted by atomic mass is 9.70. The molecule has 4 aromatic heterocycles. The summed E-state index contributed by atoms with van der Waals surface area (Å²) in [7, 11) is 0. The van der Waals surface area contributed by atoms with Crippen LogP contribution in [0.1, 0.15) is 48.4 Å². The van der Waals surface area contributed by atoms with E-state index in [1.165, 1.54) is 35.2 Å². The lowest BCUT2D eigenvalue weighted by molar-refractivity contribution is -0.0692. The standard InChI is InChI=1S/C34H30ClN7O4S.CH4/c1-19-39-26-13-38-31(41-17-34(18-41)15-40(16-34)21-3-2-4-21)24(12-36)28(26)32(43)42(19)9-10-46-27-6-5-20(35)11-23(27)22-7-8-37-29-25(33(44)45)14-47-30(22)29;/h5-8,11,13-14,21H,2-4,9-10,15-18H2,1H3,(H,44,45);1H4. The molecular formula is C35H34ClN7O4S. The number of thiophene rings is 1. The van der Waals surface area contributed by atoms with Crippen LogP contribution in [0.25, 0.3) is 32.2 Å². The van der Waals surface area contributed by atoms with Gasteiger partial charge in [-0.05, 0) is 44.0 Å². The molecule has 13 heteroatoms. The van der Waals surface area contributed by atoms with Crippen LogP contribution in [-0.4, -0.2) is 74.3 Å². The number of carboxylic acids is 1. The third kappa shape index (κ3) is 5.17. The first-order valence-electron chi connectivity index (χ1n) is 15.6. The van der Waals surface area contributed by atoms with E-state index in [-0.39, 0.29) is 48.1 Å². The van der Waals surface area contributed by atoms with Gasteiger partial charge in [0.05, 0.1) is 39.4 Å². The second kappa shape index (κ2) is 12.1. The van der Waals surface area contributed by atoms with Gasteiger partial charge in [0.2, 0.25) is 0 Å². The van der Waals surface area contributed by atoms with Gasteiger partial charge in [-0.3, -0.25) is 19.2 Å². The van der Waals surface area contributed by atoms with Crippen molar-refractivity contribution in [1.29, 1.82) is 5.26 Å². The second-order valence-corrected chi connectivity index (χ2v) is 14.1. The number of aromatic carboxylic acids is 1. The van der Waals surface area contributed by atoms with E-state index in [1.54, 1.807) is 49.0 Å². The van der Waals surface area contributed by atoms with Crippen LogP contribution in [0.5, 0.6) is 5.75 Å². The Morgan fingerprint density at radius 2 is 1.98 bits per heavy atom. The van der Waals surface area contributed by atoms with E-state index in [9.17, 15) is 20.0 Å². The number of hydrogen-bond donors (Lipinski definition) is 1. The molecule has 8 rings (SSSR count). The van der Waals surface area contributed by atoms with Crippen molar-refractivity contribution in [3.8, 4) is 22.9 Å². The lowest BCUT2D eigenvalue weighted by Gasteiger charge is -2.63. The maximum Gasteiger partial charge on any atom is 0.338 e. The van der Waals surface area contributed by atoms with Crippen molar-refractivity contribution in [3.05, 3.63) is 74.4 Å². The van der Waals surface area contributed by atoms with Gasteiger partial charge in [-0.2, -0.15) is 5.26 Å².